The molecule has 1 rings (SSSR count). The average molecular weight is 234 g/mol. The topological polar surface area (TPSA) is 55.1 Å². The number of carbonyl (C=O) groups is 1. The molecule has 0 saturated carbocycles. The van der Waals surface area contributed by atoms with Gasteiger partial charge in [0.1, 0.15) is 0 Å². The standard InChI is InChI=1S/C14H22N2O/c1-3-12-6-4-5-7-13(12)10-16-14(17)9-8-11(2)15/h4-7,11H,3,8-10,15H2,1-2H3,(H,16,17). The van der Waals surface area contributed by atoms with Gasteiger partial charge in [-0.05, 0) is 30.9 Å². The van der Waals surface area contributed by atoms with Gasteiger partial charge in [-0.1, -0.05) is 31.2 Å². The van der Waals surface area contributed by atoms with Crippen molar-refractivity contribution < 1.29 is 4.79 Å². The first-order valence-electron chi connectivity index (χ1n) is 6.22. The zero-order chi connectivity index (χ0) is 12.7. The first-order valence-corrected chi connectivity index (χ1v) is 6.22. The highest BCUT2D eigenvalue weighted by molar-refractivity contribution is 5.75. The Morgan fingerprint density at radius 1 is 1.35 bits per heavy atom. The SMILES string of the molecule is CCc1ccccc1CNC(=O)CCC(C)N. The van der Waals surface area contributed by atoms with E-state index < -0.39 is 0 Å². The Morgan fingerprint density at radius 3 is 2.59 bits per heavy atom. The zero-order valence-corrected chi connectivity index (χ0v) is 10.7. The third kappa shape index (κ3) is 5.00. The van der Waals surface area contributed by atoms with Crippen LogP contribution in [0.1, 0.15) is 37.8 Å². The molecule has 0 radical (unpaired) electrons. The summed E-state index contributed by atoms with van der Waals surface area (Å²) >= 11 is 0. The number of carbonyl (C=O) groups excluding carboxylic acids is 1. The highest BCUT2D eigenvalue weighted by Gasteiger charge is 2.04. The fourth-order valence-electron chi connectivity index (χ4n) is 1.72. The van der Waals surface area contributed by atoms with E-state index in [1.54, 1.807) is 0 Å². The van der Waals surface area contributed by atoms with Crippen molar-refractivity contribution in [2.45, 2.75) is 45.7 Å². The van der Waals surface area contributed by atoms with Crippen LogP contribution in [0.3, 0.4) is 0 Å². The van der Waals surface area contributed by atoms with Gasteiger partial charge in [-0.25, -0.2) is 0 Å². The van der Waals surface area contributed by atoms with Crippen molar-refractivity contribution in [3.05, 3.63) is 35.4 Å². The second-order valence-corrected chi connectivity index (χ2v) is 4.41. The molecular weight excluding hydrogens is 212 g/mol. The van der Waals surface area contributed by atoms with Gasteiger partial charge in [0, 0.05) is 19.0 Å². The van der Waals surface area contributed by atoms with E-state index in [2.05, 4.69) is 24.4 Å². The van der Waals surface area contributed by atoms with Gasteiger partial charge < -0.3 is 11.1 Å². The van der Waals surface area contributed by atoms with E-state index in [-0.39, 0.29) is 11.9 Å². The second-order valence-electron chi connectivity index (χ2n) is 4.41. The molecule has 94 valence electrons. The average Bonchev–Trinajstić information content (AvgIpc) is 2.34. The predicted molar refractivity (Wildman–Crippen MR) is 70.6 cm³/mol. The number of nitrogens with one attached hydrogen (secondary N) is 1. The minimum Gasteiger partial charge on any atom is -0.352 e. The van der Waals surface area contributed by atoms with Crippen molar-refractivity contribution in [1.82, 2.24) is 5.32 Å². The Hall–Kier alpha value is -1.35. The summed E-state index contributed by atoms with van der Waals surface area (Å²) in [7, 11) is 0. The third-order valence-electron chi connectivity index (χ3n) is 2.80. The minimum absolute atomic E-state index is 0.0770. The van der Waals surface area contributed by atoms with E-state index in [1.807, 2.05) is 19.1 Å². The van der Waals surface area contributed by atoms with Gasteiger partial charge in [0.2, 0.25) is 5.91 Å². The predicted octanol–water partition coefficient (Wildman–Crippen LogP) is 1.99. The summed E-state index contributed by atoms with van der Waals surface area (Å²) in [6.07, 6.45) is 2.24. The monoisotopic (exact) mass is 234 g/mol. The van der Waals surface area contributed by atoms with Crippen molar-refractivity contribution in [3.8, 4) is 0 Å². The quantitative estimate of drug-likeness (QED) is 0.791. The normalized spacial score (nSPS) is 12.2. The first kappa shape index (κ1) is 13.7. The molecule has 0 spiro atoms. The van der Waals surface area contributed by atoms with Crippen LogP contribution in [0.2, 0.25) is 0 Å². The summed E-state index contributed by atoms with van der Waals surface area (Å²) in [5.74, 6) is 0.0770. The number of aryl methyl sites for hydroxylation is 1. The van der Waals surface area contributed by atoms with Crippen molar-refractivity contribution in [1.29, 1.82) is 0 Å². The molecule has 17 heavy (non-hydrogen) atoms. The second kappa shape index (κ2) is 7.07. The van der Waals surface area contributed by atoms with E-state index in [0.717, 1.165) is 12.8 Å². The van der Waals surface area contributed by atoms with Gasteiger partial charge in [-0.2, -0.15) is 0 Å². The molecule has 1 aromatic carbocycles. The van der Waals surface area contributed by atoms with E-state index in [4.69, 9.17) is 5.73 Å². The van der Waals surface area contributed by atoms with Crippen LogP contribution < -0.4 is 11.1 Å². The van der Waals surface area contributed by atoms with Gasteiger partial charge in [0.25, 0.3) is 0 Å². The summed E-state index contributed by atoms with van der Waals surface area (Å²) in [6, 6.07) is 8.28. The summed E-state index contributed by atoms with van der Waals surface area (Å²) in [4.78, 5) is 11.6. The number of hydrogen-bond donors (Lipinski definition) is 2. The Balaban J connectivity index is 2.42. The van der Waals surface area contributed by atoms with Gasteiger partial charge in [0.15, 0.2) is 0 Å². The highest BCUT2D eigenvalue weighted by Crippen LogP contribution is 2.09. The fourth-order valence-corrected chi connectivity index (χ4v) is 1.72. The van der Waals surface area contributed by atoms with Crippen LogP contribution in [-0.2, 0) is 17.8 Å². The van der Waals surface area contributed by atoms with Crippen molar-refractivity contribution in [2.75, 3.05) is 0 Å². The molecule has 3 N–H and O–H groups in total. The smallest absolute Gasteiger partial charge is 0.220 e. The Bertz CT molecular complexity index is 361. The molecule has 0 aliphatic carbocycles. The molecule has 1 atom stereocenters. The molecular formula is C14H22N2O. The van der Waals surface area contributed by atoms with Crippen LogP contribution in [0, 0.1) is 0 Å². The molecule has 0 saturated heterocycles. The number of benzene rings is 1. The molecule has 0 heterocycles. The maximum Gasteiger partial charge on any atom is 0.220 e. The van der Waals surface area contributed by atoms with Crippen LogP contribution in [0.15, 0.2) is 24.3 Å². The number of nitrogens with two attached hydrogens (primary N) is 1. The molecule has 1 amide bonds. The summed E-state index contributed by atoms with van der Waals surface area (Å²) in [6.45, 7) is 4.65. The summed E-state index contributed by atoms with van der Waals surface area (Å²) < 4.78 is 0. The van der Waals surface area contributed by atoms with Crippen LogP contribution in [0.25, 0.3) is 0 Å². The van der Waals surface area contributed by atoms with Gasteiger partial charge in [-0.15, -0.1) is 0 Å². The molecule has 0 bridgehead atoms. The largest absolute Gasteiger partial charge is 0.352 e. The molecule has 1 unspecified atom stereocenters. The van der Waals surface area contributed by atoms with Crippen LogP contribution in [0.4, 0.5) is 0 Å². The lowest BCUT2D eigenvalue weighted by molar-refractivity contribution is -0.121. The van der Waals surface area contributed by atoms with Gasteiger partial charge >= 0.3 is 0 Å². The zero-order valence-electron chi connectivity index (χ0n) is 10.7. The highest BCUT2D eigenvalue weighted by atomic mass is 16.1. The van der Waals surface area contributed by atoms with E-state index in [9.17, 15) is 4.79 Å². The lowest BCUT2D eigenvalue weighted by Gasteiger charge is -2.10. The molecule has 0 aromatic heterocycles. The van der Waals surface area contributed by atoms with E-state index >= 15 is 0 Å². The van der Waals surface area contributed by atoms with Crippen LogP contribution >= 0.6 is 0 Å². The number of rotatable bonds is 6. The number of amides is 1. The van der Waals surface area contributed by atoms with Crippen LogP contribution in [0.5, 0.6) is 0 Å². The maximum absolute atomic E-state index is 11.6. The van der Waals surface area contributed by atoms with E-state index in [1.165, 1.54) is 11.1 Å². The Labute approximate surface area is 103 Å². The maximum atomic E-state index is 11.6. The lowest BCUT2D eigenvalue weighted by atomic mass is 10.1. The van der Waals surface area contributed by atoms with Gasteiger partial charge in [0.05, 0.1) is 0 Å². The summed E-state index contributed by atoms with van der Waals surface area (Å²) in [5, 5.41) is 2.93. The summed E-state index contributed by atoms with van der Waals surface area (Å²) in [5.41, 5.74) is 8.10. The molecule has 3 heteroatoms. The Morgan fingerprint density at radius 2 is 2.00 bits per heavy atom. The van der Waals surface area contributed by atoms with Crippen molar-refractivity contribution in [2.24, 2.45) is 5.73 Å². The van der Waals surface area contributed by atoms with Gasteiger partial charge in [-0.3, -0.25) is 4.79 Å². The van der Waals surface area contributed by atoms with E-state index in [0.29, 0.717) is 13.0 Å². The lowest BCUT2D eigenvalue weighted by Crippen LogP contribution is -2.25. The third-order valence-corrected chi connectivity index (χ3v) is 2.80. The molecule has 0 aliphatic rings. The van der Waals surface area contributed by atoms with Crippen molar-refractivity contribution in [3.63, 3.8) is 0 Å². The molecule has 1 aromatic rings. The van der Waals surface area contributed by atoms with Crippen molar-refractivity contribution >= 4 is 5.91 Å². The molecule has 3 nitrogen and oxygen atoms in total. The Kier molecular flexibility index (Phi) is 5.70. The minimum atomic E-state index is 0.0770. The van der Waals surface area contributed by atoms with Crippen LogP contribution in [-0.4, -0.2) is 11.9 Å². The fraction of sp³-hybridized carbons (Fsp3) is 0.500. The first-order chi connectivity index (χ1) is 8.13. The molecule has 0 fully saturated rings. The molecule has 0 aliphatic heterocycles. The number of hydrogen-bond acceptors (Lipinski definition) is 2.